The van der Waals surface area contributed by atoms with Crippen LogP contribution < -0.4 is 32.7 Å². The Labute approximate surface area is 251 Å². The van der Waals surface area contributed by atoms with Crippen molar-refractivity contribution in [3.63, 3.8) is 0 Å². The molecule has 6 atom stereocenters. The van der Waals surface area contributed by atoms with E-state index in [0.717, 1.165) is 0 Å². The van der Waals surface area contributed by atoms with E-state index in [9.17, 15) is 33.9 Å². The number of rotatable bonds is 20. The predicted octanol–water partition coefficient (Wildman–Crippen LogP) is -0.360. The standard InChI is InChI=1S/C29H46N6O8/c1-4-17(2)24(28(41)33-21(29(42)43)13-14-23(36)37)35-27(40)22(16-19-10-6-5-7-11-19)34-25(38)18(3)32-26(39)20(31)12-8-9-15-30/h5-7,10-11,17-18,20-22,24H,4,8-9,12-16,30-31H2,1-3H3,(H,32,39)(H,33,41)(H,34,38)(H,35,40)(H,36,37)(H,42,43)/t17-,18-,20-,21-,22-,24-/m0/s1. The summed E-state index contributed by atoms with van der Waals surface area (Å²) >= 11 is 0. The second kappa shape index (κ2) is 19.2. The van der Waals surface area contributed by atoms with Crippen LogP contribution in [0.3, 0.4) is 0 Å². The minimum atomic E-state index is -1.47. The number of aliphatic carboxylic acids is 2. The van der Waals surface area contributed by atoms with Gasteiger partial charge in [-0.1, -0.05) is 57.0 Å². The molecule has 0 aromatic heterocycles. The molecule has 240 valence electrons. The maximum absolute atomic E-state index is 13.5. The van der Waals surface area contributed by atoms with Crippen LogP contribution >= 0.6 is 0 Å². The van der Waals surface area contributed by atoms with Gasteiger partial charge in [0.05, 0.1) is 6.04 Å². The summed E-state index contributed by atoms with van der Waals surface area (Å²) < 4.78 is 0. The third kappa shape index (κ3) is 13.7. The maximum Gasteiger partial charge on any atom is 0.326 e. The summed E-state index contributed by atoms with van der Waals surface area (Å²) in [6.45, 7) is 5.40. The minimum absolute atomic E-state index is 0.0584. The van der Waals surface area contributed by atoms with Gasteiger partial charge < -0.3 is 42.9 Å². The van der Waals surface area contributed by atoms with Crippen molar-refractivity contribution in [2.45, 2.75) is 95.9 Å². The van der Waals surface area contributed by atoms with Crippen molar-refractivity contribution >= 4 is 35.6 Å². The fourth-order valence-electron chi connectivity index (χ4n) is 4.12. The van der Waals surface area contributed by atoms with E-state index < -0.39 is 78.1 Å². The first kappa shape index (κ1) is 37.0. The van der Waals surface area contributed by atoms with E-state index in [-0.39, 0.29) is 12.8 Å². The lowest BCUT2D eigenvalue weighted by molar-refractivity contribution is -0.143. The number of hydrogen-bond acceptors (Lipinski definition) is 8. The van der Waals surface area contributed by atoms with E-state index in [1.807, 2.05) is 0 Å². The van der Waals surface area contributed by atoms with Crippen LogP contribution in [0.4, 0.5) is 0 Å². The van der Waals surface area contributed by atoms with Crippen molar-refractivity contribution in [2.75, 3.05) is 6.54 Å². The number of carbonyl (C=O) groups excluding carboxylic acids is 4. The summed E-state index contributed by atoms with van der Waals surface area (Å²) in [5.74, 6) is -5.73. The fourth-order valence-corrected chi connectivity index (χ4v) is 4.12. The highest BCUT2D eigenvalue weighted by molar-refractivity contribution is 5.95. The van der Waals surface area contributed by atoms with Crippen molar-refractivity contribution in [1.82, 2.24) is 21.3 Å². The molecule has 0 aliphatic carbocycles. The highest BCUT2D eigenvalue weighted by atomic mass is 16.4. The van der Waals surface area contributed by atoms with Crippen LogP contribution in [-0.4, -0.2) is 82.5 Å². The number of amides is 4. The molecule has 14 heteroatoms. The van der Waals surface area contributed by atoms with Gasteiger partial charge in [0.1, 0.15) is 24.2 Å². The molecule has 14 nitrogen and oxygen atoms in total. The summed E-state index contributed by atoms with van der Waals surface area (Å²) in [5, 5.41) is 28.5. The molecule has 0 saturated heterocycles. The number of carboxylic acid groups (broad SMARTS) is 2. The van der Waals surface area contributed by atoms with Crippen molar-refractivity contribution in [2.24, 2.45) is 17.4 Å². The lowest BCUT2D eigenvalue weighted by Crippen LogP contribution is -2.59. The number of hydrogen-bond donors (Lipinski definition) is 8. The van der Waals surface area contributed by atoms with Crippen molar-refractivity contribution in [3.8, 4) is 0 Å². The largest absolute Gasteiger partial charge is 0.481 e. The van der Waals surface area contributed by atoms with Crippen LogP contribution in [0.1, 0.15) is 64.9 Å². The first-order valence-corrected chi connectivity index (χ1v) is 14.5. The molecule has 43 heavy (non-hydrogen) atoms. The lowest BCUT2D eigenvalue weighted by atomic mass is 9.96. The predicted molar refractivity (Wildman–Crippen MR) is 158 cm³/mol. The molecule has 0 unspecified atom stereocenters. The molecule has 1 aromatic carbocycles. The van der Waals surface area contributed by atoms with Crippen LogP contribution in [0.25, 0.3) is 0 Å². The number of carboxylic acids is 2. The van der Waals surface area contributed by atoms with Crippen LogP contribution in [-0.2, 0) is 35.2 Å². The average molecular weight is 607 g/mol. The van der Waals surface area contributed by atoms with Gasteiger partial charge in [-0.25, -0.2) is 4.79 Å². The molecular weight excluding hydrogens is 560 g/mol. The van der Waals surface area contributed by atoms with Gasteiger partial charge in [-0.15, -0.1) is 0 Å². The molecule has 0 fully saturated rings. The van der Waals surface area contributed by atoms with Crippen molar-refractivity contribution in [3.05, 3.63) is 35.9 Å². The number of nitrogens with one attached hydrogen (secondary N) is 4. The Hall–Kier alpha value is -4.04. The first-order chi connectivity index (χ1) is 20.3. The second-order valence-corrected chi connectivity index (χ2v) is 10.6. The molecule has 4 amide bonds. The lowest BCUT2D eigenvalue weighted by Gasteiger charge is -2.28. The number of unbranched alkanes of at least 4 members (excludes halogenated alkanes) is 1. The molecule has 0 saturated carbocycles. The van der Waals surface area contributed by atoms with Crippen LogP contribution in [0.15, 0.2) is 30.3 Å². The van der Waals surface area contributed by atoms with E-state index in [2.05, 4.69) is 21.3 Å². The van der Waals surface area contributed by atoms with E-state index in [0.29, 0.717) is 37.8 Å². The zero-order valence-corrected chi connectivity index (χ0v) is 25.0. The summed E-state index contributed by atoms with van der Waals surface area (Å²) in [6.07, 6.45) is 1.44. The Morgan fingerprint density at radius 2 is 1.42 bits per heavy atom. The number of carbonyl (C=O) groups is 6. The molecule has 0 heterocycles. The van der Waals surface area contributed by atoms with Crippen molar-refractivity contribution in [1.29, 1.82) is 0 Å². The third-order valence-corrected chi connectivity index (χ3v) is 7.03. The Morgan fingerprint density at radius 1 is 0.791 bits per heavy atom. The average Bonchev–Trinajstić information content (AvgIpc) is 2.97. The van der Waals surface area contributed by atoms with Gasteiger partial charge in [-0.05, 0) is 44.2 Å². The number of benzene rings is 1. The van der Waals surface area contributed by atoms with E-state index in [1.165, 1.54) is 6.92 Å². The summed E-state index contributed by atoms with van der Waals surface area (Å²) in [7, 11) is 0. The topological polar surface area (TPSA) is 243 Å². The first-order valence-electron chi connectivity index (χ1n) is 14.5. The normalized spacial score (nSPS) is 15.1. The molecule has 0 bridgehead atoms. The minimum Gasteiger partial charge on any atom is -0.481 e. The molecule has 10 N–H and O–H groups in total. The Kier molecular flexibility index (Phi) is 16.5. The zero-order valence-electron chi connectivity index (χ0n) is 25.0. The smallest absolute Gasteiger partial charge is 0.326 e. The summed E-state index contributed by atoms with van der Waals surface area (Å²) in [4.78, 5) is 74.8. The Morgan fingerprint density at radius 3 is 1.98 bits per heavy atom. The molecule has 0 aliphatic heterocycles. The van der Waals surface area contributed by atoms with Crippen LogP contribution in [0.5, 0.6) is 0 Å². The Bertz CT molecular complexity index is 1090. The molecule has 0 spiro atoms. The van der Waals surface area contributed by atoms with Crippen LogP contribution in [0.2, 0.25) is 0 Å². The highest BCUT2D eigenvalue weighted by Gasteiger charge is 2.33. The number of nitrogens with two attached hydrogens (primary N) is 2. The highest BCUT2D eigenvalue weighted by Crippen LogP contribution is 2.11. The summed E-state index contributed by atoms with van der Waals surface area (Å²) in [5.41, 5.74) is 12.1. The third-order valence-electron chi connectivity index (χ3n) is 7.03. The van der Waals surface area contributed by atoms with Gasteiger partial charge in [-0.2, -0.15) is 0 Å². The van der Waals surface area contributed by atoms with Gasteiger partial charge in [0.15, 0.2) is 0 Å². The van der Waals surface area contributed by atoms with Gasteiger partial charge in [-0.3, -0.25) is 24.0 Å². The van der Waals surface area contributed by atoms with E-state index in [4.69, 9.17) is 16.6 Å². The SMILES string of the molecule is CC[C@H](C)[C@H](NC(=O)[C@H](Cc1ccccc1)NC(=O)[C@H](C)NC(=O)[C@@H](N)CCCCN)C(=O)N[C@@H](CCC(=O)O)C(=O)O. The maximum atomic E-state index is 13.5. The van der Waals surface area contributed by atoms with Crippen LogP contribution in [0, 0.1) is 5.92 Å². The Balaban J connectivity index is 3.09. The van der Waals surface area contributed by atoms with Gasteiger partial charge in [0.2, 0.25) is 23.6 Å². The molecule has 1 aromatic rings. The fraction of sp³-hybridized carbons (Fsp3) is 0.586. The molecular formula is C29H46N6O8. The van der Waals surface area contributed by atoms with Gasteiger partial charge in [0, 0.05) is 12.8 Å². The van der Waals surface area contributed by atoms with Gasteiger partial charge in [0.25, 0.3) is 0 Å². The zero-order chi connectivity index (χ0) is 32.5. The van der Waals surface area contributed by atoms with Gasteiger partial charge >= 0.3 is 11.9 Å². The molecule has 0 radical (unpaired) electrons. The van der Waals surface area contributed by atoms with Crippen molar-refractivity contribution < 1.29 is 39.0 Å². The van der Waals surface area contributed by atoms with E-state index >= 15 is 0 Å². The van der Waals surface area contributed by atoms with E-state index in [1.54, 1.807) is 44.2 Å². The molecule has 0 aliphatic rings. The monoisotopic (exact) mass is 606 g/mol. The molecule has 1 rings (SSSR count). The summed E-state index contributed by atoms with van der Waals surface area (Å²) in [6, 6.07) is 3.17. The second-order valence-electron chi connectivity index (χ2n) is 10.6. The quantitative estimate of drug-likeness (QED) is 0.0896.